The van der Waals surface area contributed by atoms with Gasteiger partial charge in [-0.2, -0.15) is 0 Å². The maximum absolute atomic E-state index is 13.8. The summed E-state index contributed by atoms with van der Waals surface area (Å²) in [6.45, 7) is 2.74. The number of halogens is 2. The van der Waals surface area contributed by atoms with Gasteiger partial charge in [-0.25, -0.2) is 8.78 Å². The highest BCUT2D eigenvalue weighted by Gasteiger charge is 2.50. The number of amides is 1. The SMILES string of the molecule is O=C(CCCN1CCC2(CC1)C(=O)NCN2c1ccccc1)c1ccc(F)cc1F. The summed E-state index contributed by atoms with van der Waals surface area (Å²) in [7, 11) is 0. The summed E-state index contributed by atoms with van der Waals surface area (Å²) in [5, 5.41) is 2.99. The lowest BCUT2D eigenvalue weighted by molar-refractivity contribution is -0.125. The zero-order chi connectivity index (χ0) is 21.1. The standard InChI is InChI=1S/C23H25F2N3O2/c24-17-8-9-19(20(25)15-17)21(29)7-4-12-27-13-10-23(11-14-27)22(30)26-16-28(23)18-5-2-1-3-6-18/h1-3,5-6,8-9,15H,4,7,10-14,16H2,(H,26,30). The van der Waals surface area contributed by atoms with Crippen LogP contribution in [0.15, 0.2) is 48.5 Å². The van der Waals surface area contributed by atoms with Crippen LogP contribution in [0.2, 0.25) is 0 Å². The summed E-state index contributed by atoms with van der Waals surface area (Å²) < 4.78 is 26.8. The van der Waals surface area contributed by atoms with E-state index in [9.17, 15) is 18.4 Å². The highest BCUT2D eigenvalue weighted by atomic mass is 19.1. The molecule has 0 aliphatic carbocycles. The number of benzene rings is 2. The number of anilines is 1. The maximum Gasteiger partial charge on any atom is 0.247 e. The Labute approximate surface area is 174 Å². The first-order chi connectivity index (χ1) is 14.5. The fourth-order valence-electron chi connectivity index (χ4n) is 4.49. The molecule has 1 N–H and O–H groups in total. The van der Waals surface area contributed by atoms with Crippen molar-refractivity contribution in [2.24, 2.45) is 0 Å². The number of nitrogens with one attached hydrogen (secondary N) is 1. The molecule has 2 aromatic carbocycles. The van der Waals surface area contributed by atoms with Gasteiger partial charge in [0.1, 0.15) is 17.2 Å². The molecule has 2 heterocycles. The lowest BCUT2D eigenvalue weighted by Crippen LogP contribution is -2.56. The molecular formula is C23H25F2N3O2. The smallest absolute Gasteiger partial charge is 0.247 e. The van der Waals surface area contributed by atoms with Crippen molar-refractivity contribution in [2.45, 2.75) is 31.2 Å². The van der Waals surface area contributed by atoms with Gasteiger partial charge in [-0.05, 0) is 50.1 Å². The predicted octanol–water partition coefficient (Wildman–Crippen LogP) is 3.36. The van der Waals surface area contributed by atoms with Crippen molar-refractivity contribution in [1.82, 2.24) is 10.2 Å². The van der Waals surface area contributed by atoms with E-state index in [0.717, 1.165) is 30.9 Å². The fraction of sp³-hybridized carbons (Fsp3) is 0.391. The third-order valence-electron chi connectivity index (χ3n) is 6.20. The van der Waals surface area contributed by atoms with Crippen LogP contribution in [0.5, 0.6) is 0 Å². The number of carbonyl (C=O) groups is 2. The van der Waals surface area contributed by atoms with E-state index < -0.39 is 17.2 Å². The first kappa shape index (κ1) is 20.5. The van der Waals surface area contributed by atoms with Gasteiger partial charge in [-0.15, -0.1) is 0 Å². The molecule has 2 aliphatic heterocycles. The van der Waals surface area contributed by atoms with Gasteiger partial charge in [0.05, 0.1) is 12.2 Å². The number of ketones is 1. The van der Waals surface area contributed by atoms with Crippen LogP contribution < -0.4 is 10.2 Å². The molecule has 5 nitrogen and oxygen atoms in total. The highest BCUT2D eigenvalue weighted by molar-refractivity contribution is 5.96. The Kier molecular flexibility index (Phi) is 5.81. The Bertz CT molecular complexity index is 927. The zero-order valence-corrected chi connectivity index (χ0v) is 16.7. The van der Waals surface area contributed by atoms with E-state index >= 15 is 0 Å². The monoisotopic (exact) mass is 413 g/mol. The second-order valence-electron chi connectivity index (χ2n) is 7.95. The van der Waals surface area contributed by atoms with Crippen LogP contribution in [0, 0.1) is 11.6 Å². The van der Waals surface area contributed by atoms with Gasteiger partial charge in [-0.3, -0.25) is 9.59 Å². The number of hydrogen-bond donors (Lipinski definition) is 1. The molecular weight excluding hydrogens is 388 g/mol. The Balaban J connectivity index is 1.31. The minimum Gasteiger partial charge on any atom is -0.339 e. The number of carbonyl (C=O) groups excluding carboxylic acids is 2. The molecule has 2 saturated heterocycles. The molecule has 2 aliphatic rings. The van der Waals surface area contributed by atoms with Crippen LogP contribution in [0.1, 0.15) is 36.0 Å². The van der Waals surface area contributed by atoms with Crippen molar-refractivity contribution in [3.8, 4) is 0 Å². The molecule has 1 spiro atoms. The number of rotatable bonds is 6. The van der Waals surface area contributed by atoms with Crippen molar-refractivity contribution in [3.05, 3.63) is 65.7 Å². The molecule has 0 radical (unpaired) electrons. The van der Waals surface area contributed by atoms with E-state index in [1.165, 1.54) is 6.07 Å². The Hall–Kier alpha value is -2.80. The summed E-state index contributed by atoms with van der Waals surface area (Å²) in [5.74, 6) is -1.74. The normalized spacial score (nSPS) is 18.6. The second kappa shape index (κ2) is 8.52. The molecule has 0 aromatic heterocycles. The zero-order valence-electron chi connectivity index (χ0n) is 16.7. The number of Topliss-reactive ketones (excluding diaryl/α,β-unsaturated/α-hetero) is 1. The molecule has 2 fully saturated rings. The van der Waals surface area contributed by atoms with Crippen LogP contribution in [-0.2, 0) is 4.79 Å². The van der Waals surface area contributed by atoms with E-state index in [0.29, 0.717) is 32.5 Å². The molecule has 0 bridgehead atoms. The summed E-state index contributed by atoms with van der Waals surface area (Å²) in [5.41, 5.74) is 0.455. The van der Waals surface area contributed by atoms with E-state index in [4.69, 9.17) is 0 Å². The van der Waals surface area contributed by atoms with Crippen molar-refractivity contribution in [1.29, 1.82) is 0 Å². The Morgan fingerprint density at radius 3 is 2.50 bits per heavy atom. The van der Waals surface area contributed by atoms with Gasteiger partial charge >= 0.3 is 0 Å². The fourth-order valence-corrected chi connectivity index (χ4v) is 4.49. The van der Waals surface area contributed by atoms with Gasteiger partial charge in [0.25, 0.3) is 0 Å². The summed E-state index contributed by atoms with van der Waals surface area (Å²) in [4.78, 5) is 29.3. The number of nitrogens with zero attached hydrogens (tertiary/aromatic N) is 2. The highest BCUT2D eigenvalue weighted by Crippen LogP contribution is 2.36. The van der Waals surface area contributed by atoms with Crippen LogP contribution in [0.3, 0.4) is 0 Å². The number of likely N-dealkylation sites (tertiary alicyclic amines) is 1. The first-order valence-electron chi connectivity index (χ1n) is 10.3. The van der Waals surface area contributed by atoms with E-state index in [1.807, 2.05) is 30.3 Å². The lowest BCUT2D eigenvalue weighted by atomic mass is 9.85. The van der Waals surface area contributed by atoms with Gasteiger partial charge in [-0.1, -0.05) is 18.2 Å². The molecule has 0 atom stereocenters. The van der Waals surface area contributed by atoms with Gasteiger partial charge in [0.2, 0.25) is 5.91 Å². The van der Waals surface area contributed by atoms with Crippen LogP contribution in [0.4, 0.5) is 14.5 Å². The van der Waals surface area contributed by atoms with Crippen molar-refractivity contribution in [2.75, 3.05) is 31.2 Å². The number of piperidine rings is 1. The van der Waals surface area contributed by atoms with Gasteiger partial charge in [0, 0.05) is 31.3 Å². The molecule has 1 amide bonds. The molecule has 0 saturated carbocycles. The Morgan fingerprint density at radius 2 is 1.80 bits per heavy atom. The average Bonchev–Trinajstić information content (AvgIpc) is 3.06. The number of hydrogen-bond acceptors (Lipinski definition) is 4. The first-order valence-corrected chi connectivity index (χ1v) is 10.3. The van der Waals surface area contributed by atoms with E-state index in [2.05, 4.69) is 15.1 Å². The quantitative estimate of drug-likeness (QED) is 0.738. The average molecular weight is 413 g/mol. The molecule has 4 rings (SSSR count). The van der Waals surface area contributed by atoms with Gasteiger partial charge in [0.15, 0.2) is 5.78 Å². The third-order valence-corrected chi connectivity index (χ3v) is 6.20. The van der Waals surface area contributed by atoms with E-state index in [1.54, 1.807) is 0 Å². The largest absolute Gasteiger partial charge is 0.339 e. The maximum atomic E-state index is 13.8. The minimum absolute atomic E-state index is 0.0601. The van der Waals surface area contributed by atoms with Crippen LogP contribution in [0.25, 0.3) is 0 Å². The summed E-state index contributed by atoms with van der Waals surface area (Å²) in [6.07, 6.45) is 2.24. The summed E-state index contributed by atoms with van der Waals surface area (Å²) >= 11 is 0. The molecule has 7 heteroatoms. The molecule has 0 unspecified atom stereocenters. The minimum atomic E-state index is -0.812. The topological polar surface area (TPSA) is 52.7 Å². The van der Waals surface area contributed by atoms with Crippen molar-refractivity contribution in [3.63, 3.8) is 0 Å². The Morgan fingerprint density at radius 1 is 1.07 bits per heavy atom. The van der Waals surface area contributed by atoms with Gasteiger partial charge < -0.3 is 15.1 Å². The van der Waals surface area contributed by atoms with Crippen LogP contribution >= 0.6 is 0 Å². The lowest BCUT2D eigenvalue weighted by Gasteiger charge is -2.43. The predicted molar refractivity (Wildman–Crippen MR) is 110 cm³/mol. The third kappa shape index (κ3) is 3.94. The number of para-hydroxylation sites is 1. The van der Waals surface area contributed by atoms with Crippen molar-refractivity contribution < 1.29 is 18.4 Å². The van der Waals surface area contributed by atoms with Crippen molar-refractivity contribution >= 4 is 17.4 Å². The molecule has 2 aromatic rings. The van der Waals surface area contributed by atoms with Crippen LogP contribution in [-0.4, -0.2) is 48.4 Å². The van der Waals surface area contributed by atoms with E-state index in [-0.39, 0.29) is 23.7 Å². The molecule has 158 valence electrons. The second-order valence-corrected chi connectivity index (χ2v) is 7.95. The summed E-state index contributed by atoms with van der Waals surface area (Å²) in [6, 6.07) is 13.0. The molecule has 30 heavy (non-hydrogen) atoms.